The van der Waals surface area contributed by atoms with Gasteiger partial charge in [-0.05, 0) is 31.2 Å². The number of nitrogens with one attached hydrogen (secondary N) is 1. The molecule has 2 aromatic rings. The number of amides is 1. The summed E-state index contributed by atoms with van der Waals surface area (Å²) in [6.07, 6.45) is 0.709. The van der Waals surface area contributed by atoms with E-state index in [1.54, 1.807) is 11.3 Å². The lowest BCUT2D eigenvalue weighted by atomic mass is 10.3. The van der Waals surface area contributed by atoms with Crippen LogP contribution in [0.25, 0.3) is 0 Å². The van der Waals surface area contributed by atoms with Crippen LogP contribution < -0.4 is 10.1 Å². The molecule has 4 nitrogen and oxygen atoms in total. The van der Waals surface area contributed by atoms with Gasteiger partial charge in [-0.2, -0.15) is 0 Å². The van der Waals surface area contributed by atoms with Crippen LogP contribution >= 0.6 is 11.3 Å². The van der Waals surface area contributed by atoms with Crippen molar-refractivity contribution >= 4 is 17.2 Å². The van der Waals surface area contributed by atoms with Crippen molar-refractivity contribution in [3.8, 4) is 5.75 Å². The first-order chi connectivity index (χ1) is 9.63. The maximum atomic E-state index is 12.7. The third-order valence-corrected chi connectivity index (χ3v) is 3.54. The minimum absolute atomic E-state index is 0.0808. The molecule has 1 aromatic carbocycles. The Morgan fingerprint density at radius 1 is 1.40 bits per heavy atom. The molecule has 0 aliphatic carbocycles. The molecule has 1 heterocycles. The molecule has 106 valence electrons. The molecule has 20 heavy (non-hydrogen) atoms. The molecule has 0 saturated carbocycles. The molecule has 0 fully saturated rings. The molecule has 0 spiro atoms. The molecule has 6 heteroatoms. The largest absolute Gasteiger partial charge is 0.484 e. The quantitative estimate of drug-likeness (QED) is 0.889. The van der Waals surface area contributed by atoms with E-state index in [2.05, 4.69) is 10.3 Å². The van der Waals surface area contributed by atoms with Gasteiger partial charge < -0.3 is 10.1 Å². The van der Waals surface area contributed by atoms with E-state index in [0.717, 1.165) is 10.7 Å². The van der Waals surface area contributed by atoms with E-state index in [0.29, 0.717) is 18.7 Å². The van der Waals surface area contributed by atoms with Crippen LogP contribution in [0.2, 0.25) is 0 Å². The first-order valence-electron chi connectivity index (χ1n) is 6.19. The zero-order chi connectivity index (χ0) is 14.4. The molecule has 0 aliphatic heterocycles. The van der Waals surface area contributed by atoms with Gasteiger partial charge in [0.15, 0.2) is 6.61 Å². The van der Waals surface area contributed by atoms with Crippen molar-refractivity contribution < 1.29 is 13.9 Å². The Hall–Kier alpha value is -1.95. The van der Waals surface area contributed by atoms with E-state index in [9.17, 15) is 9.18 Å². The second-order valence-electron chi connectivity index (χ2n) is 4.23. The number of ether oxygens (including phenoxy) is 1. The number of thiazole rings is 1. The minimum atomic E-state index is -0.333. The van der Waals surface area contributed by atoms with Crippen molar-refractivity contribution in [1.29, 1.82) is 0 Å². The van der Waals surface area contributed by atoms with E-state index in [4.69, 9.17) is 4.74 Å². The van der Waals surface area contributed by atoms with Gasteiger partial charge in [-0.15, -0.1) is 11.3 Å². The third-order valence-electron chi connectivity index (χ3n) is 2.51. The van der Waals surface area contributed by atoms with Gasteiger partial charge in [-0.25, -0.2) is 9.37 Å². The summed E-state index contributed by atoms with van der Waals surface area (Å²) in [6, 6.07) is 5.55. The van der Waals surface area contributed by atoms with Gasteiger partial charge in [0.2, 0.25) is 0 Å². The van der Waals surface area contributed by atoms with Crippen molar-refractivity contribution in [3.63, 3.8) is 0 Å². The highest BCUT2D eigenvalue weighted by molar-refractivity contribution is 7.09. The fraction of sp³-hybridized carbons (Fsp3) is 0.286. The molecule has 0 bridgehead atoms. The number of nitrogens with zero attached hydrogens (tertiary/aromatic N) is 1. The van der Waals surface area contributed by atoms with E-state index in [1.807, 2.05) is 12.3 Å². The molecule has 1 amide bonds. The average Bonchev–Trinajstić information content (AvgIpc) is 2.84. The van der Waals surface area contributed by atoms with Crippen molar-refractivity contribution in [3.05, 3.63) is 46.2 Å². The smallest absolute Gasteiger partial charge is 0.257 e. The van der Waals surface area contributed by atoms with Crippen LogP contribution in [0.5, 0.6) is 5.75 Å². The Morgan fingerprint density at radius 2 is 2.15 bits per heavy atom. The Morgan fingerprint density at radius 3 is 2.80 bits per heavy atom. The zero-order valence-corrected chi connectivity index (χ0v) is 11.9. The first kappa shape index (κ1) is 14.5. The number of carbonyl (C=O) groups is 1. The molecule has 0 aliphatic rings. The Labute approximate surface area is 120 Å². The number of hydrogen-bond acceptors (Lipinski definition) is 4. The monoisotopic (exact) mass is 294 g/mol. The fourth-order valence-electron chi connectivity index (χ4n) is 1.56. The van der Waals surface area contributed by atoms with E-state index in [-0.39, 0.29) is 18.3 Å². The lowest BCUT2D eigenvalue weighted by Gasteiger charge is -2.06. The molecule has 1 N–H and O–H groups in total. The van der Waals surface area contributed by atoms with Crippen LogP contribution in [-0.2, 0) is 11.2 Å². The third kappa shape index (κ3) is 4.62. The molecule has 0 radical (unpaired) electrons. The standard InChI is InChI=1S/C14H15FN2O2S/c1-10-9-20-14(17-10)6-7-16-13(18)8-19-12-4-2-11(15)3-5-12/h2-5,9H,6-8H2,1H3,(H,16,18). The van der Waals surface area contributed by atoms with Crippen LogP contribution in [0, 0.1) is 12.7 Å². The van der Waals surface area contributed by atoms with Crippen molar-refractivity contribution in [2.75, 3.05) is 13.2 Å². The SMILES string of the molecule is Cc1csc(CCNC(=O)COc2ccc(F)cc2)n1. The van der Waals surface area contributed by atoms with E-state index < -0.39 is 0 Å². The minimum Gasteiger partial charge on any atom is -0.484 e. The lowest BCUT2D eigenvalue weighted by molar-refractivity contribution is -0.123. The maximum absolute atomic E-state index is 12.7. The second-order valence-corrected chi connectivity index (χ2v) is 5.17. The second kappa shape index (κ2) is 7.00. The summed E-state index contributed by atoms with van der Waals surface area (Å²) < 4.78 is 17.9. The van der Waals surface area contributed by atoms with Crippen molar-refractivity contribution in [2.24, 2.45) is 0 Å². The van der Waals surface area contributed by atoms with Crippen LogP contribution in [0.4, 0.5) is 4.39 Å². The number of aromatic nitrogens is 1. The van der Waals surface area contributed by atoms with Gasteiger partial charge in [0, 0.05) is 24.0 Å². The topological polar surface area (TPSA) is 51.2 Å². The summed E-state index contributed by atoms with van der Waals surface area (Å²) in [5.74, 6) is -0.0692. The number of carbonyl (C=O) groups excluding carboxylic acids is 1. The lowest BCUT2D eigenvalue weighted by Crippen LogP contribution is -2.30. The van der Waals surface area contributed by atoms with Crippen LogP contribution in [0.15, 0.2) is 29.6 Å². The molecule has 0 saturated heterocycles. The molecule has 1 aromatic heterocycles. The zero-order valence-electron chi connectivity index (χ0n) is 11.1. The highest BCUT2D eigenvalue weighted by atomic mass is 32.1. The van der Waals surface area contributed by atoms with Crippen LogP contribution in [0.3, 0.4) is 0 Å². The van der Waals surface area contributed by atoms with Crippen LogP contribution in [0.1, 0.15) is 10.7 Å². The van der Waals surface area contributed by atoms with Crippen LogP contribution in [-0.4, -0.2) is 24.0 Å². The van der Waals surface area contributed by atoms with Gasteiger partial charge in [0.25, 0.3) is 5.91 Å². The predicted molar refractivity (Wildman–Crippen MR) is 75.5 cm³/mol. The van der Waals surface area contributed by atoms with Gasteiger partial charge in [-0.3, -0.25) is 4.79 Å². The average molecular weight is 294 g/mol. The van der Waals surface area contributed by atoms with E-state index in [1.165, 1.54) is 24.3 Å². The molecular formula is C14H15FN2O2S. The number of benzene rings is 1. The van der Waals surface area contributed by atoms with Gasteiger partial charge in [0.05, 0.1) is 5.01 Å². The number of halogens is 1. The highest BCUT2D eigenvalue weighted by Crippen LogP contribution is 2.11. The summed E-state index contributed by atoms with van der Waals surface area (Å²) in [5, 5.41) is 5.73. The number of hydrogen-bond donors (Lipinski definition) is 1. The summed E-state index contributed by atoms with van der Waals surface area (Å²) >= 11 is 1.58. The Balaban J connectivity index is 1.66. The van der Waals surface area contributed by atoms with Crippen molar-refractivity contribution in [2.45, 2.75) is 13.3 Å². The molecule has 2 rings (SSSR count). The highest BCUT2D eigenvalue weighted by Gasteiger charge is 2.04. The molecule has 0 unspecified atom stereocenters. The van der Waals surface area contributed by atoms with Gasteiger partial charge >= 0.3 is 0 Å². The summed E-state index contributed by atoms with van der Waals surface area (Å²) in [4.78, 5) is 15.9. The normalized spacial score (nSPS) is 10.3. The summed E-state index contributed by atoms with van der Waals surface area (Å²) in [7, 11) is 0. The Bertz CT molecular complexity index is 569. The Kier molecular flexibility index (Phi) is 5.06. The van der Waals surface area contributed by atoms with Crippen molar-refractivity contribution in [1.82, 2.24) is 10.3 Å². The molecular weight excluding hydrogens is 279 g/mol. The summed E-state index contributed by atoms with van der Waals surface area (Å²) in [6.45, 7) is 2.39. The predicted octanol–water partition coefficient (Wildman–Crippen LogP) is 2.33. The maximum Gasteiger partial charge on any atom is 0.257 e. The number of aryl methyl sites for hydroxylation is 1. The number of rotatable bonds is 6. The first-order valence-corrected chi connectivity index (χ1v) is 7.07. The van der Waals surface area contributed by atoms with Gasteiger partial charge in [-0.1, -0.05) is 0 Å². The summed E-state index contributed by atoms with van der Waals surface area (Å²) in [5.41, 5.74) is 0.996. The molecule has 0 atom stereocenters. The van der Waals surface area contributed by atoms with Gasteiger partial charge in [0.1, 0.15) is 11.6 Å². The van der Waals surface area contributed by atoms with E-state index >= 15 is 0 Å². The fourth-order valence-corrected chi connectivity index (χ4v) is 2.33.